The maximum Gasteiger partial charge on any atom is 0.324 e. The van der Waals surface area contributed by atoms with Gasteiger partial charge in [-0.05, 0) is 40.5 Å². The molecule has 1 rings (SSSR count). The Balaban J connectivity index is 2.59. The molecule has 0 radical (unpaired) electrons. The standard InChI is InChI=1S/C12H23NO5S/c1-9(11(14)18-12(2,3)4)13-19(15,16)10-5-7-17-8-6-10/h9-10,13H,5-8H2,1-4H3/t9-/m1/s1. The number of nitrogens with one attached hydrogen (secondary N) is 1. The monoisotopic (exact) mass is 293 g/mol. The number of sulfonamides is 1. The van der Waals surface area contributed by atoms with Gasteiger partial charge in [0.15, 0.2) is 0 Å². The summed E-state index contributed by atoms with van der Waals surface area (Å²) in [5.41, 5.74) is -0.630. The minimum absolute atomic E-state index is 0.437. The summed E-state index contributed by atoms with van der Waals surface area (Å²) in [5, 5.41) is -0.494. The van der Waals surface area contributed by atoms with E-state index in [1.54, 1.807) is 20.8 Å². The van der Waals surface area contributed by atoms with Crippen LogP contribution in [0.25, 0.3) is 0 Å². The van der Waals surface area contributed by atoms with E-state index in [0.29, 0.717) is 26.1 Å². The van der Waals surface area contributed by atoms with Gasteiger partial charge in [0, 0.05) is 13.2 Å². The first-order valence-electron chi connectivity index (χ1n) is 6.43. The fourth-order valence-corrected chi connectivity index (χ4v) is 3.36. The van der Waals surface area contributed by atoms with Gasteiger partial charge in [0.2, 0.25) is 10.0 Å². The van der Waals surface area contributed by atoms with Gasteiger partial charge in [-0.1, -0.05) is 0 Å². The zero-order valence-electron chi connectivity index (χ0n) is 11.9. The van der Waals surface area contributed by atoms with Gasteiger partial charge in [-0.15, -0.1) is 0 Å². The molecular weight excluding hydrogens is 270 g/mol. The van der Waals surface area contributed by atoms with E-state index in [1.807, 2.05) is 0 Å². The summed E-state index contributed by atoms with van der Waals surface area (Å²) in [7, 11) is -3.51. The van der Waals surface area contributed by atoms with Crippen LogP contribution in [0.4, 0.5) is 0 Å². The van der Waals surface area contributed by atoms with Gasteiger partial charge >= 0.3 is 5.97 Å². The molecule has 1 heterocycles. The third-order valence-corrected chi connectivity index (χ3v) is 4.74. The lowest BCUT2D eigenvalue weighted by molar-refractivity contribution is -0.156. The Kier molecular flexibility index (Phi) is 5.34. The van der Waals surface area contributed by atoms with Crippen LogP contribution >= 0.6 is 0 Å². The minimum Gasteiger partial charge on any atom is -0.459 e. The van der Waals surface area contributed by atoms with Crippen LogP contribution in [0.3, 0.4) is 0 Å². The van der Waals surface area contributed by atoms with Gasteiger partial charge in [-0.3, -0.25) is 4.79 Å². The molecule has 1 N–H and O–H groups in total. The van der Waals surface area contributed by atoms with Crippen LogP contribution in [0.15, 0.2) is 0 Å². The summed E-state index contributed by atoms with van der Waals surface area (Å²) in [4.78, 5) is 11.7. The summed E-state index contributed by atoms with van der Waals surface area (Å²) < 4.78 is 36.8. The van der Waals surface area contributed by atoms with Crippen LogP contribution in [-0.4, -0.2) is 44.5 Å². The molecule has 6 nitrogen and oxygen atoms in total. The highest BCUT2D eigenvalue weighted by atomic mass is 32.2. The largest absolute Gasteiger partial charge is 0.459 e. The van der Waals surface area contributed by atoms with Gasteiger partial charge < -0.3 is 9.47 Å². The molecule has 112 valence electrons. The Morgan fingerprint density at radius 2 is 1.84 bits per heavy atom. The van der Waals surface area contributed by atoms with Crippen molar-refractivity contribution in [3.8, 4) is 0 Å². The molecule has 0 aromatic rings. The molecule has 1 saturated heterocycles. The maximum atomic E-state index is 12.1. The summed E-state index contributed by atoms with van der Waals surface area (Å²) in [6, 6.07) is -0.882. The maximum absolute atomic E-state index is 12.1. The molecule has 1 aliphatic rings. The van der Waals surface area contributed by atoms with Gasteiger partial charge in [0.1, 0.15) is 11.6 Å². The van der Waals surface area contributed by atoms with E-state index in [-0.39, 0.29) is 0 Å². The van der Waals surface area contributed by atoms with Crippen molar-refractivity contribution in [1.29, 1.82) is 0 Å². The number of hydrogen-bond donors (Lipinski definition) is 1. The number of rotatable bonds is 4. The van der Waals surface area contributed by atoms with Crippen molar-refractivity contribution in [2.45, 2.75) is 57.4 Å². The van der Waals surface area contributed by atoms with Crippen LogP contribution in [0.2, 0.25) is 0 Å². The number of esters is 1. The zero-order chi connectivity index (χ0) is 14.7. The predicted molar refractivity (Wildman–Crippen MR) is 71.2 cm³/mol. The second-order valence-corrected chi connectivity index (χ2v) is 7.72. The van der Waals surface area contributed by atoms with Crippen molar-refractivity contribution < 1.29 is 22.7 Å². The topological polar surface area (TPSA) is 81.7 Å². The van der Waals surface area contributed by atoms with Gasteiger partial charge in [-0.2, -0.15) is 0 Å². The number of carbonyl (C=O) groups is 1. The van der Waals surface area contributed by atoms with E-state index in [0.717, 1.165) is 0 Å². The van der Waals surface area contributed by atoms with Crippen molar-refractivity contribution in [2.24, 2.45) is 0 Å². The van der Waals surface area contributed by atoms with Crippen molar-refractivity contribution in [1.82, 2.24) is 4.72 Å². The molecule has 7 heteroatoms. The van der Waals surface area contributed by atoms with E-state index >= 15 is 0 Å². The van der Waals surface area contributed by atoms with E-state index in [2.05, 4.69) is 4.72 Å². The van der Waals surface area contributed by atoms with Crippen molar-refractivity contribution in [2.75, 3.05) is 13.2 Å². The van der Waals surface area contributed by atoms with E-state index in [4.69, 9.17) is 9.47 Å². The first kappa shape index (κ1) is 16.4. The highest BCUT2D eigenvalue weighted by Gasteiger charge is 2.32. The second kappa shape index (κ2) is 6.19. The summed E-state index contributed by atoms with van der Waals surface area (Å²) in [5.74, 6) is -0.567. The van der Waals surface area contributed by atoms with Crippen LogP contribution in [0, 0.1) is 0 Å². The van der Waals surface area contributed by atoms with Crippen LogP contribution in [0.1, 0.15) is 40.5 Å². The number of ether oxygens (including phenoxy) is 2. The highest BCUT2D eigenvalue weighted by molar-refractivity contribution is 7.90. The molecule has 0 aromatic carbocycles. The van der Waals surface area contributed by atoms with Gasteiger partial charge in [-0.25, -0.2) is 13.1 Å². The normalized spacial score (nSPS) is 20.0. The molecule has 19 heavy (non-hydrogen) atoms. The Morgan fingerprint density at radius 3 is 2.32 bits per heavy atom. The summed E-state index contributed by atoms with van der Waals surface area (Å²) >= 11 is 0. The third kappa shape index (κ3) is 5.46. The average Bonchev–Trinajstić information content (AvgIpc) is 2.27. The quantitative estimate of drug-likeness (QED) is 0.776. The Labute approximate surface area is 114 Å². The molecular formula is C12H23NO5S. The molecule has 1 fully saturated rings. The van der Waals surface area contributed by atoms with Crippen LogP contribution in [0.5, 0.6) is 0 Å². The molecule has 0 saturated carbocycles. The lowest BCUT2D eigenvalue weighted by Gasteiger charge is -2.26. The first-order chi connectivity index (χ1) is 8.62. The average molecular weight is 293 g/mol. The Hall–Kier alpha value is -0.660. The molecule has 0 bridgehead atoms. The Morgan fingerprint density at radius 1 is 1.32 bits per heavy atom. The molecule has 1 atom stereocenters. The Bertz CT molecular complexity index is 406. The van der Waals surface area contributed by atoms with Crippen molar-refractivity contribution >= 4 is 16.0 Å². The SMILES string of the molecule is C[C@@H](NS(=O)(=O)C1CCOCC1)C(=O)OC(C)(C)C. The van der Waals surface area contributed by atoms with E-state index < -0.39 is 32.9 Å². The zero-order valence-corrected chi connectivity index (χ0v) is 12.7. The lowest BCUT2D eigenvalue weighted by Crippen LogP contribution is -2.46. The first-order valence-corrected chi connectivity index (χ1v) is 7.98. The van der Waals surface area contributed by atoms with Gasteiger partial charge in [0.05, 0.1) is 5.25 Å². The minimum atomic E-state index is -3.51. The van der Waals surface area contributed by atoms with Crippen molar-refractivity contribution in [3.05, 3.63) is 0 Å². The summed E-state index contributed by atoms with van der Waals surface area (Å²) in [6.07, 6.45) is 0.909. The summed E-state index contributed by atoms with van der Waals surface area (Å²) in [6.45, 7) is 7.59. The molecule has 0 amide bonds. The van der Waals surface area contributed by atoms with Crippen molar-refractivity contribution in [3.63, 3.8) is 0 Å². The molecule has 0 unspecified atom stereocenters. The number of hydrogen-bond acceptors (Lipinski definition) is 5. The smallest absolute Gasteiger partial charge is 0.324 e. The predicted octanol–water partition coefficient (Wildman–Crippen LogP) is 0.815. The molecule has 0 aliphatic carbocycles. The fraction of sp³-hybridized carbons (Fsp3) is 0.917. The molecule has 1 aliphatic heterocycles. The van der Waals surface area contributed by atoms with Gasteiger partial charge in [0.25, 0.3) is 0 Å². The third-order valence-electron chi connectivity index (χ3n) is 2.71. The lowest BCUT2D eigenvalue weighted by atomic mass is 10.2. The van der Waals surface area contributed by atoms with Crippen LogP contribution in [-0.2, 0) is 24.3 Å². The fourth-order valence-electron chi connectivity index (χ4n) is 1.77. The molecule has 0 spiro atoms. The van der Waals surface area contributed by atoms with E-state index in [1.165, 1.54) is 6.92 Å². The second-order valence-electron chi connectivity index (χ2n) is 5.73. The highest BCUT2D eigenvalue weighted by Crippen LogP contribution is 2.16. The van der Waals surface area contributed by atoms with Crippen LogP contribution < -0.4 is 4.72 Å². The number of carbonyl (C=O) groups excluding carboxylic acids is 1. The van der Waals surface area contributed by atoms with E-state index in [9.17, 15) is 13.2 Å². The molecule has 0 aromatic heterocycles.